The highest BCUT2D eigenvalue weighted by Crippen LogP contribution is 2.07. The molecule has 1 heterocycles. The molecule has 0 saturated carbocycles. The van der Waals surface area contributed by atoms with E-state index >= 15 is 0 Å². The molecule has 0 fully saturated rings. The molecule has 0 aromatic carbocycles. The molecule has 4 N–H and O–H groups in total. The van der Waals surface area contributed by atoms with Gasteiger partial charge in [0, 0.05) is 10.6 Å². The zero-order valence-corrected chi connectivity index (χ0v) is 10.7. The molecule has 1 unspecified atom stereocenters. The fourth-order valence-corrected chi connectivity index (χ4v) is 2.45. The third-order valence-corrected chi connectivity index (χ3v) is 3.83. The molecule has 7 heteroatoms. The number of carboxylic acid groups (broad SMARTS) is 1. The summed E-state index contributed by atoms with van der Waals surface area (Å²) in [6.45, 7) is 0.516. The van der Waals surface area contributed by atoms with Crippen LogP contribution >= 0.6 is 23.1 Å². The van der Waals surface area contributed by atoms with E-state index < -0.39 is 12.0 Å². The number of rotatable bonds is 7. The molecule has 1 amide bonds. The van der Waals surface area contributed by atoms with Gasteiger partial charge in [0.1, 0.15) is 6.04 Å². The molecule has 1 aromatic rings. The lowest BCUT2D eigenvalue weighted by atomic mass is 10.4. The summed E-state index contributed by atoms with van der Waals surface area (Å²) in [7, 11) is 0. The number of aliphatic carboxylic acids is 1. The first-order valence-electron chi connectivity index (χ1n) is 4.95. The van der Waals surface area contributed by atoms with Crippen molar-refractivity contribution in [1.82, 2.24) is 5.32 Å². The number of nitrogens with two attached hydrogens (primary N) is 1. The summed E-state index contributed by atoms with van der Waals surface area (Å²) in [6.07, 6.45) is 0. The van der Waals surface area contributed by atoms with Gasteiger partial charge in [-0.3, -0.25) is 9.59 Å². The topological polar surface area (TPSA) is 92.4 Å². The molecule has 0 aliphatic rings. The zero-order valence-electron chi connectivity index (χ0n) is 9.09. The Hall–Kier alpha value is -1.05. The normalized spacial score (nSPS) is 12.1. The summed E-state index contributed by atoms with van der Waals surface area (Å²) in [4.78, 5) is 22.9. The smallest absolute Gasteiger partial charge is 0.321 e. The summed E-state index contributed by atoms with van der Waals surface area (Å²) in [5.74, 6) is -0.689. The van der Waals surface area contributed by atoms with Gasteiger partial charge < -0.3 is 16.2 Å². The molecule has 0 spiro atoms. The van der Waals surface area contributed by atoms with Gasteiger partial charge in [-0.25, -0.2) is 0 Å². The van der Waals surface area contributed by atoms with Crippen LogP contribution in [-0.2, 0) is 16.1 Å². The van der Waals surface area contributed by atoms with Crippen molar-refractivity contribution in [3.63, 3.8) is 0 Å². The number of thioether (sulfide) groups is 1. The molecule has 0 aliphatic heterocycles. The average molecular weight is 274 g/mol. The van der Waals surface area contributed by atoms with E-state index in [2.05, 4.69) is 5.32 Å². The summed E-state index contributed by atoms with van der Waals surface area (Å²) < 4.78 is 0. The Morgan fingerprint density at radius 3 is 2.94 bits per heavy atom. The van der Waals surface area contributed by atoms with Crippen molar-refractivity contribution in [2.24, 2.45) is 5.73 Å². The van der Waals surface area contributed by atoms with Gasteiger partial charge in [-0.15, -0.1) is 23.1 Å². The van der Waals surface area contributed by atoms with E-state index in [1.807, 2.05) is 17.5 Å². The van der Waals surface area contributed by atoms with Crippen molar-refractivity contribution in [3.05, 3.63) is 22.4 Å². The molecule has 94 valence electrons. The van der Waals surface area contributed by atoms with Gasteiger partial charge in [-0.2, -0.15) is 0 Å². The standard InChI is InChI=1S/C10H14N2O3S2/c11-8(10(14)15)5-16-6-9(13)12-4-7-2-1-3-17-7/h1-3,8H,4-6,11H2,(H,12,13)(H,14,15). The Balaban J connectivity index is 2.11. The van der Waals surface area contributed by atoms with Crippen molar-refractivity contribution >= 4 is 35.0 Å². The number of hydrogen-bond acceptors (Lipinski definition) is 5. The maximum Gasteiger partial charge on any atom is 0.321 e. The van der Waals surface area contributed by atoms with Gasteiger partial charge in [0.05, 0.1) is 12.3 Å². The van der Waals surface area contributed by atoms with Crippen molar-refractivity contribution in [2.45, 2.75) is 12.6 Å². The Morgan fingerprint density at radius 1 is 1.59 bits per heavy atom. The van der Waals surface area contributed by atoms with Gasteiger partial charge in [0.2, 0.25) is 5.91 Å². The van der Waals surface area contributed by atoms with E-state index in [1.54, 1.807) is 11.3 Å². The highest BCUT2D eigenvalue weighted by molar-refractivity contribution is 8.00. The van der Waals surface area contributed by atoms with Crippen LogP contribution in [0, 0.1) is 0 Å². The van der Waals surface area contributed by atoms with Crippen LogP contribution in [0.2, 0.25) is 0 Å². The Labute approximate surface area is 107 Å². The largest absolute Gasteiger partial charge is 0.480 e. The van der Waals surface area contributed by atoms with Crippen LogP contribution in [-0.4, -0.2) is 34.5 Å². The van der Waals surface area contributed by atoms with Crippen LogP contribution in [0.4, 0.5) is 0 Å². The van der Waals surface area contributed by atoms with E-state index in [0.29, 0.717) is 6.54 Å². The maximum atomic E-state index is 11.4. The average Bonchev–Trinajstić information content (AvgIpc) is 2.78. The first-order chi connectivity index (χ1) is 8.09. The van der Waals surface area contributed by atoms with Crippen LogP contribution in [0.3, 0.4) is 0 Å². The minimum absolute atomic E-state index is 0.110. The van der Waals surface area contributed by atoms with Gasteiger partial charge in [0.15, 0.2) is 0 Å². The minimum atomic E-state index is -1.04. The molecule has 1 rings (SSSR count). The van der Waals surface area contributed by atoms with Crippen LogP contribution in [0.25, 0.3) is 0 Å². The number of hydrogen-bond donors (Lipinski definition) is 3. The molecule has 5 nitrogen and oxygen atoms in total. The fraction of sp³-hybridized carbons (Fsp3) is 0.400. The van der Waals surface area contributed by atoms with Crippen molar-refractivity contribution in [1.29, 1.82) is 0 Å². The number of carbonyl (C=O) groups excluding carboxylic acids is 1. The monoisotopic (exact) mass is 274 g/mol. The quantitative estimate of drug-likeness (QED) is 0.673. The molecule has 0 radical (unpaired) electrons. The van der Waals surface area contributed by atoms with Crippen LogP contribution < -0.4 is 11.1 Å². The molecule has 0 saturated heterocycles. The highest BCUT2D eigenvalue weighted by Gasteiger charge is 2.12. The summed E-state index contributed by atoms with van der Waals surface area (Å²) in [5.41, 5.74) is 5.30. The van der Waals surface area contributed by atoms with Crippen molar-refractivity contribution < 1.29 is 14.7 Å². The number of amides is 1. The lowest BCUT2D eigenvalue weighted by molar-refractivity contribution is -0.138. The van der Waals surface area contributed by atoms with Gasteiger partial charge in [-0.1, -0.05) is 6.07 Å². The number of nitrogens with one attached hydrogen (secondary N) is 1. The second kappa shape index (κ2) is 7.31. The van der Waals surface area contributed by atoms with Crippen LogP contribution in [0.1, 0.15) is 4.88 Å². The molecular formula is C10H14N2O3S2. The second-order valence-electron chi connectivity index (χ2n) is 3.32. The molecule has 0 aliphatic carbocycles. The lowest BCUT2D eigenvalue weighted by Gasteiger charge is -2.06. The molecule has 0 bridgehead atoms. The van der Waals surface area contributed by atoms with E-state index in [1.165, 1.54) is 11.8 Å². The number of carboxylic acids is 1. The van der Waals surface area contributed by atoms with Crippen LogP contribution in [0.15, 0.2) is 17.5 Å². The maximum absolute atomic E-state index is 11.4. The highest BCUT2D eigenvalue weighted by atomic mass is 32.2. The van der Waals surface area contributed by atoms with E-state index in [-0.39, 0.29) is 17.4 Å². The van der Waals surface area contributed by atoms with Gasteiger partial charge in [0.25, 0.3) is 0 Å². The van der Waals surface area contributed by atoms with E-state index in [4.69, 9.17) is 10.8 Å². The minimum Gasteiger partial charge on any atom is -0.480 e. The third kappa shape index (κ3) is 5.71. The first kappa shape index (κ1) is 14.0. The Kier molecular flexibility index (Phi) is 6.03. The van der Waals surface area contributed by atoms with Gasteiger partial charge >= 0.3 is 5.97 Å². The fourth-order valence-electron chi connectivity index (χ4n) is 1.000. The number of thiophene rings is 1. The summed E-state index contributed by atoms with van der Waals surface area (Å²) in [6, 6.07) is 2.95. The predicted molar refractivity (Wildman–Crippen MR) is 69.1 cm³/mol. The van der Waals surface area contributed by atoms with Crippen molar-refractivity contribution in [3.8, 4) is 0 Å². The first-order valence-corrected chi connectivity index (χ1v) is 6.98. The second-order valence-corrected chi connectivity index (χ2v) is 5.38. The summed E-state index contributed by atoms with van der Waals surface area (Å²) >= 11 is 2.80. The van der Waals surface area contributed by atoms with Crippen molar-refractivity contribution in [2.75, 3.05) is 11.5 Å². The summed E-state index contributed by atoms with van der Waals surface area (Å²) in [5, 5.41) is 13.2. The van der Waals surface area contributed by atoms with E-state index in [0.717, 1.165) is 4.88 Å². The third-order valence-electron chi connectivity index (χ3n) is 1.89. The molecule has 1 atom stereocenters. The Bertz CT molecular complexity index is 368. The molecule has 17 heavy (non-hydrogen) atoms. The van der Waals surface area contributed by atoms with Crippen LogP contribution in [0.5, 0.6) is 0 Å². The lowest BCUT2D eigenvalue weighted by Crippen LogP contribution is -2.33. The Morgan fingerprint density at radius 2 is 2.35 bits per heavy atom. The predicted octanol–water partition coefficient (Wildman–Crippen LogP) is 0.509. The van der Waals surface area contributed by atoms with Gasteiger partial charge in [-0.05, 0) is 11.4 Å². The van der Waals surface area contributed by atoms with E-state index in [9.17, 15) is 9.59 Å². The zero-order chi connectivity index (χ0) is 12.7. The molecule has 1 aromatic heterocycles. The SMILES string of the molecule is NC(CSCC(=O)NCc1cccs1)C(=O)O. The number of carbonyl (C=O) groups is 2. The molecular weight excluding hydrogens is 260 g/mol.